The van der Waals surface area contributed by atoms with E-state index in [0.717, 1.165) is 24.9 Å². The summed E-state index contributed by atoms with van der Waals surface area (Å²) in [5.74, 6) is 0.303. The molecule has 1 rings (SSSR count). The number of aromatic hydroxyl groups is 1. The Hall–Kier alpha value is -1.06. The van der Waals surface area contributed by atoms with Gasteiger partial charge in [-0.2, -0.15) is 0 Å². The van der Waals surface area contributed by atoms with Gasteiger partial charge in [-0.15, -0.1) is 0 Å². The van der Waals surface area contributed by atoms with Crippen LogP contribution in [0.5, 0.6) is 5.75 Å². The molecule has 0 radical (unpaired) electrons. The zero-order valence-corrected chi connectivity index (χ0v) is 9.11. The van der Waals surface area contributed by atoms with Crippen LogP contribution in [0.4, 0.5) is 0 Å². The number of benzene rings is 1. The van der Waals surface area contributed by atoms with Crippen molar-refractivity contribution >= 4 is 0 Å². The summed E-state index contributed by atoms with van der Waals surface area (Å²) in [4.78, 5) is 0. The van der Waals surface area contributed by atoms with Crippen LogP contribution in [0.1, 0.15) is 25.3 Å². The van der Waals surface area contributed by atoms with Crippen molar-refractivity contribution in [1.82, 2.24) is 5.32 Å². The van der Waals surface area contributed by atoms with E-state index in [9.17, 15) is 5.11 Å². The lowest BCUT2D eigenvalue weighted by Crippen LogP contribution is -2.25. The van der Waals surface area contributed by atoms with Crippen LogP contribution < -0.4 is 5.32 Å². The molecule has 0 bridgehead atoms. The number of rotatable bonds is 6. The number of hydrogen-bond donors (Lipinski definition) is 3. The van der Waals surface area contributed by atoms with E-state index in [0.29, 0.717) is 11.8 Å². The second-order valence-corrected chi connectivity index (χ2v) is 3.82. The third-order valence-electron chi connectivity index (χ3n) is 2.36. The Balaban J connectivity index is 2.30. The van der Waals surface area contributed by atoms with Crippen LogP contribution in [0.15, 0.2) is 24.3 Å². The molecule has 0 amide bonds. The van der Waals surface area contributed by atoms with Crippen LogP contribution in [-0.2, 0) is 6.54 Å². The summed E-state index contributed by atoms with van der Waals surface area (Å²) < 4.78 is 0. The molecule has 0 aliphatic heterocycles. The molecule has 1 atom stereocenters. The van der Waals surface area contributed by atoms with Crippen LogP contribution in [0.25, 0.3) is 0 Å². The zero-order valence-electron chi connectivity index (χ0n) is 9.11. The third-order valence-corrected chi connectivity index (χ3v) is 2.36. The van der Waals surface area contributed by atoms with Gasteiger partial charge in [0.2, 0.25) is 0 Å². The Morgan fingerprint density at radius 2 is 2.20 bits per heavy atom. The maximum atomic E-state index is 9.26. The topological polar surface area (TPSA) is 52.5 Å². The number of aliphatic hydroxyl groups is 1. The fourth-order valence-corrected chi connectivity index (χ4v) is 1.46. The van der Waals surface area contributed by atoms with Gasteiger partial charge >= 0.3 is 0 Å². The molecule has 0 aliphatic rings. The highest BCUT2D eigenvalue weighted by Crippen LogP contribution is 2.10. The largest absolute Gasteiger partial charge is 0.508 e. The average molecular weight is 209 g/mol. The standard InChI is InChI=1S/C12H19NO2/c1-10(4-3-7-14)13-9-11-5-2-6-12(15)8-11/h2,5-6,8,10,13-15H,3-4,7,9H2,1H3/t10-/m0/s1. The summed E-state index contributed by atoms with van der Waals surface area (Å²) in [5.41, 5.74) is 1.07. The Labute approximate surface area is 90.8 Å². The van der Waals surface area contributed by atoms with Gasteiger partial charge in [0, 0.05) is 19.2 Å². The van der Waals surface area contributed by atoms with Crippen molar-refractivity contribution in [3.8, 4) is 5.75 Å². The van der Waals surface area contributed by atoms with E-state index in [1.165, 1.54) is 0 Å². The van der Waals surface area contributed by atoms with Gasteiger partial charge in [-0.25, -0.2) is 0 Å². The van der Waals surface area contributed by atoms with Crippen molar-refractivity contribution in [1.29, 1.82) is 0 Å². The first-order valence-corrected chi connectivity index (χ1v) is 5.34. The Kier molecular flexibility index (Phi) is 5.15. The van der Waals surface area contributed by atoms with Gasteiger partial charge in [0.25, 0.3) is 0 Å². The van der Waals surface area contributed by atoms with E-state index >= 15 is 0 Å². The molecular weight excluding hydrogens is 190 g/mol. The van der Waals surface area contributed by atoms with Crippen molar-refractivity contribution in [2.24, 2.45) is 0 Å². The molecule has 0 aromatic heterocycles. The highest BCUT2D eigenvalue weighted by molar-refractivity contribution is 5.26. The van der Waals surface area contributed by atoms with Crippen molar-refractivity contribution in [2.75, 3.05) is 6.61 Å². The molecule has 0 spiro atoms. The Bertz CT molecular complexity index is 289. The van der Waals surface area contributed by atoms with Crippen molar-refractivity contribution < 1.29 is 10.2 Å². The maximum Gasteiger partial charge on any atom is 0.115 e. The Morgan fingerprint density at radius 1 is 1.40 bits per heavy atom. The van der Waals surface area contributed by atoms with Crippen LogP contribution in [-0.4, -0.2) is 22.9 Å². The molecule has 0 fully saturated rings. The monoisotopic (exact) mass is 209 g/mol. The molecule has 3 heteroatoms. The predicted molar refractivity (Wildman–Crippen MR) is 60.7 cm³/mol. The molecule has 0 aliphatic carbocycles. The molecule has 0 unspecified atom stereocenters. The molecule has 84 valence electrons. The lowest BCUT2D eigenvalue weighted by atomic mass is 10.1. The van der Waals surface area contributed by atoms with E-state index in [1.54, 1.807) is 12.1 Å². The summed E-state index contributed by atoms with van der Waals surface area (Å²) in [6.07, 6.45) is 1.80. The average Bonchev–Trinajstić information content (AvgIpc) is 2.23. The first kappa shape index (κ1) is 12.0. The van der Waals surface area contributed by atoms with Gasteiger partial charge in [0.05, 0.1) is 0 Å². The van der Waals surface area contributed by atoms with Gasteiger partial charge in [-0.3, -0.25) is 0 Å². The van der Waals surface area contributed by atoms with Gasteiger partial charge in [-0.05, 0) is 37.5 Å². The van der Waals surface area contributed by atoms with E-state index < -0.39 is 0 Å². The summed E-state index contributed by atoms with van der Waals surface area (Å²) in [6, 6.07) is 7.63. The van der Waals surface area contributed by atoms with Crippen LogP contribution in [0.2, 0.25) is 0 Å². The molecule has 15 heavy (non-hydrogen) atoms. The lowest BCUT2D eigenvalue weighted by Gasteiger charge is -2.13. The van der Waals surface area contributed by atoms with Gasteiger partial charge < -0.3 is 15.5 Å². The highest BCUT2D eigenvalue weighted by atomic mass is 16.3. The molecule has 1 aromatic rings. The van der Waals surface area contributed by atoms with Crippen molar-refractivity contribution in [2.45, 2.75) is 32.4 Å². The number of nitrogens with one attached hydrogen (secondary N) is 1. The van der Waals surface area contributed by atoms with E-state index in [-0.39, 0.29) is 6.61 Å². The second-order valence-electron chi connectivity index (χ2n) is 3.82. The zero-order chi connectivity index (χ0) is 11.1. The number of phenols is 1. The quantitative estimate of drug-likeness (QED) is 0.667. The summed E-state index contributed by atoms with van der Waals surface area (Å²) >= 11 is 0. The molecule has 0 saturated heterocycles. The molecule has 1 aromatic carbocycles. The first-order valence-electron chi connectivity index (χ1n) is 5.34. The smallest absolute Gasteiger partial charge is 0.115 e. The lowest BCUT2D eigenvalue weighted by molar-refractivity contribution is 0.276. The molecule has 3 N–H and O–H groups in total. The van der Waals surface area contributed by atoms with Crippen molar-refractivity contribution in [3.63, 3.8) is 0 Å². The van der Waals surface area contributed by atoms with Crippen molar-refractivity contribution in [3.05, 3.63) is 29.8 Å². The summed E-state index contributed by atoms with van der Waals surface area (Å²) in [7, 11) is 0. The minimum absolute atomic E-state index is 0.248. The highest BCUT2D eigenvalue weighted by Gasteiger charge is 2.01. The SMILES string of the molecule is C[C@@H](CCCO)NCc1cccc(O)c1. The van der Waals surface area contributed by atoms with Gasteiger partial charge in [0.15, 0.2) is 0 Å². The number of hydrogen-bond acceptors (Lipinski definition) is 3. The predicted octanol–water partition coefficient (Wildman–Crippen LogP) is 1.64. The fraction of sp³-hybridized carbons (Fsp3) is 0.500. The van der Waals surface area contributed by atoms with E-state index in [4.69, 9.17) is 5.11 Å². The van der Waals surface area contributed by atoms with Crippen LogP contribution in [0, 0.1) is 0 Å². The maximum absolute atomic E-state index is 9.26. The molecule has 3 nitrogen and oxygen atoms in total. The first-order chi connectivity index (χ1) is 7.22. The minimum atomic E-state index is 0.248. The minimum Gasteiger partial charge on any atom is -0.508 e. The second kappa shape index (κ2) is 6.43. The fourth-order valence-electron chi connectivity index (χ4n) is 1.46. The summed E-state index contributed by atoms with van der Waals surface area (Å²) in [6.45, 7) is 3.09. The normalized spacial score (nSPS) is 12.7. The van der Waals surface area contributed by atoms with Crippen LogP contribution in [0.3, 0.4) is 0 Å². The Morgan fingerprint density at radius 3 is 2.87 bits per heavy atom. The molecule has 0 saturated carbocycles. The summed E-state index contributed by atoms with van der Waals surface area (Å²) in [5, 5.41) is 21.3. The molecule has 0 heterocycles. The third kappa shape index (κ3) is 4.81. The van der Waals surface area contributed by atoms with Gasteiger partial charge in [0.1, 0.15) is 5.75 Å². The van der Waals surface area contributed by atoms with Crippen LogP contribution >= 0.6 is 0 Å². The van der Waals surface area contributed by atoms with E-state index in [2.05, 4.69) is 12.2 Å². The molecular formula is C12H19NO2. The number of aliphatic hydroxyl groups excluding tert-OH is 1. The number of phenolic OH excluding ortho intramolecular Hbond substituents is 1. The van der Waals surface area contributed by atoms with Gasteiger partial charge in [-0.1, -0.05) is 12.1 Å². The van der Waals surface area contributed by atoms with E-state index in [1.807, 2.05) is 12.1 Å².